The molecular formula is C24H26N8O12P2S2. The molecule has 48 heavy (non-hydrogen) atoms. The van der Waals surface area contributed by atoms with E-state index < -0.39 is 75.8 Å². The molecule has 4 aromatic rings. The lowest BCUT2D eigenvalue weighted by Gasteiger charge is -2.27. The van der Waals surface area contributed by atoms with Crippen molar-refractivity contribution >= 4 is 59.9 Å². The number of aliphatic hydroxyl groups excluding tert-OH is 2. The summed E-state index contributed by atoms with van der Waals surface area (Å²) in [5, 5.41) is 22.7. The highest BCUT2D eigenvalue weighted by molar-refractivity contribution is 8.44. The van der Waals surface area contributed by atoms with Crippen molar-refractivity contribution in [2.45, 2.75) is 49.1 Å². The highest BCUT2D eigenvalue weighted by Gasteiger charge is 2.53. The van der Waals surface area contributed by atoms with Crippen molar-refractivity contribution in [2.75, 3.05) is 26.4 Å². The minimum atomic E-state index is -4.31. The van der Waals surface area contributed by atoms with E-state index in [-0.39, 0.29) is 47.3 Å². The first kappa shape index (κ1) is 32.5. The van der Waals surface area contributed by atoms with Crippen LogP contribution >= 0.6 is 25.8 Å². The lowest BCUT2D eigenvalue weighted by molar-refractivity contribution is -0.0600. The number of thiol groups is 1. The van der Waals surface area contributed by atoms with E-state index in [1.807, 2.05) is 0 Å². The van der Waals surface area contributed by atoms with Crippen LogP contribution in [0.15, 0.2) is 37.5 Å². The third kappa shape index (κ3) is 5.93. The van der Waals surface area contributed by atoms with Gasteiger partial charge in [-0.25, -0.2) is 24.5 Å². The molecule has 3 saturated heterocycles. The third-order valence-electron chi connectivity index (χ3n) is 7.94. The van der Waals surface area contributed by atoms with E-state index in [9.17, 15) is 19.7 Å². The monoisotopic (exact) mass is 744 g/mol. The molecule has 10 atom stereocenters. The molecule has 0 radical (unpaired) electrons. The number of aromatic nitrogens is 8. The maximum atomic E-state index is 13.6. The predicted molar refractivity (Wildman–Crippen MR) is 165 cm³/mol. The molecule has 4 aromatic heterocycles. The maximum Gasteiger partial charge on any atom is 0.386 e. The molecule has 256 valence electrons. The van der Waals surface area contributed by atoms with Crippen molar-refractivity contribution in [3.63, 3.8) is 0 Å². The molecule has 4 unspecified atom stereocenters. The second-order valence-electron chi connectivity index (χ2n) is 10.9. The van der Waals surface area contributed by atoms with E-state index in [4.69, 9.17) is 48.8 Å². The van der Waals surface area contributed by atoms with Crippen molar-refractivity contribution in [1.82, 2.24) is 39.0 Å². The second-order valence-corrected chi connectivity index (χ2v) is 16.5. The molecule has 3 N–H and O–H groups in total. The Hall–Kier alpha value is -2.69. The van der Waals surface area contributed by atoms with Gasteiger partial charge in [0.2, 0.25) is 11.8 Å². The molecule has 9 heterocycles. The van der Waals surface area contributed by atoms with E-state index in [2.05, 4.69) is 42.2 Å². The van der Waals surface area contributed by atoms with E-state index in [1.165, 1.54) is 34.4 Å². The number of hydrogen-bond donors (Lipinski definition) is 4. The van der Waals surface area contributed by atoms with Gasteiger partial charge in [-0.1, -0.05) is 12.2 Å². The van der Waals surface area contributed by atoms with Crippen molar-refractivity contribution in [3.05, 3.63) is 37.5 Å². The Morgan fingerprint density at radius 2 is 1.27 bits per heavy atom. The molecule has 3 fully saturated rings. The standard InChI is InChI=1S/C24H26N8O12P2S2/c33-15-11-5-39-46(36,48)44-18-16(34)12-6-40-45(35,47)43-17(15)23(41-11)31-9-29-13-19(31)25-7-27-21(13)37-3-1-2-4-38-22-14-20(26-8-28-22)32(10-30-14)24(18)42-12/h1-2,7-12,15-18,23-24,33-34H,3-6H2,(H,35,47)(H,36,48)/b2-1+/t11-,12?,15-,16-,17-,18-,23?,24-,45?,46?/m1/s1. The fourth-order valence-electron chi connectivity index (χ4n) is 5.73. The van der Waals surface area contributed by atoms with Crippen molar-refractivity contribution in [2.24, 2.45) is 0 Å². The van der Waals surface area contributed by atoms with Crippen LogP contribution in [0.1, 0.15) is 12.5 Å². The molecule has 24 heteroatoms. The summed E-state index contributed by atoms with van der Waals surface area (Å²) in [6, 6.07) is 0. The third-order valence-corrected chi connectivity index (χ3v) is 11.1. The average molecular weight is 745 g/mol. The van der Waals surface area contributed by atoms with Gasteiger partial charge in [0.1, 0.15) is 62.5 Å². The van der Waals surface area contributed by atoms with E-state index in [0.717, 1.165) is 0 Å². The summed E-state index contributed by atoms with van der Waals surface area (Å²) in [5.41, 5.74) is 0.973. The van der Waals surface area contributed by atoms with E-state index in [0.29, 0.717) is 0 Å². The van der Waals surface area contributed by atoms with Crippen molar-refractivity contribution in [3.8, 4) is 11.8 Å². The first-order valence-electron chi connectivity index (χ1n) is 14.3. The van der Waals surface area contributed by atoms with Gasteiger partial charge in [-0.2, -0.15) is 9.97 Å². The zero-order valence-corrected chi connectivity index (χ0v) is 27.8. The molecule has 0 amide bonds. The molecule has 5 aliphatic rings. The van der Waals surface area contributed by atoms with Crippen LogP contribution in [0.5, 0.6) is 11.8 Å². The fraction of sp³-hybridized carbons (Fsp3) is 0.500. The first-order valence-corrected chi connectivity index (χ1v) is 19.6. The summed E-state index contributed by atoms with van der Waals surface area (Å²) < 4.78 is 63.2. The Morgan fingerprint density at radius 3 is 1.81 bits per heavy atom. The topological polar surface area (TPSA) is 239 Å². The fourth-order valence-corrected chi connectivity index (χ4v) is 8.60. The number of nitrogens with zero attached hydrogens (tertiary/aromatic N) is 8. The van der Waals surface area contributed by atoms with Gasteiger partial charge in [-0.05, 0) is 24.0 Å². The molecule has 20 nitrogen and oxygen atoms in total. The Labute approximate surface area is 279 Å². The van der Waals surface area contributed by atoms with Gasteiger partial charge >= 0.3 is 13.5 Å². The minimum Gasteiger partial charge on any atom is -0.472 e. The van der Waals surface area contributed by atoms with Crippen LogP contribution in [-0.2, 0) is 43.9 Å². The van der Waals surface area contributed by atoms with E-state index >= 15 is 0 Å². The molecular weight excluding hydrogens is 718 g/mol. The molecule has 5 aliphatic heterocycles. The van der Waals surface area contributed by atoms with Crippen LogP contribution in [0.2, 0.25) is 0 Å². The lowest BCUT2D eigenvalue weighted by atomic mass is 10.1. The summed E-state index contributed by atoms with van der Waals surface area (Å²) in [5.74, 6) is 0.296. The van der Waals surface area contributed by atoms with Crippen LogP contribution in [0.3, 0.4) is 0 Å². The minimum absolute atomic E-state index is 0.0944. The normalized spacial score (nSPS) is 38.0. The van der Waals surface area contributed by atoms with Crippen LogP contribution in [0.4, 0.5) is 0 Å². The van der Waals surface area contributed by atoms with Gasteiger partial charge < -0.3 is 38.6 Å². The van der Waals surface area contributed by atoms with Crippen molar-refractivity contribution < 1.29 is 56.7 Å². The van der Waals surface area contributed by atoms with Crippen molar-refractivity contribution in [1.29, 1.82) is 0 Å². The summed E-state index contributed by atoms with van der Waals surface area (Å²) in [6.07, 6.45) is -2.00. The first-order chi connectivity index (χ1) is 23.1. The highest BCUT2D eigenvalue weighted by Crippen LogP contribution is 2.58. The molecule has 0 aromatic carbocycles. The maximum absolute atomic E-state index is 13.6. The van der Waals surface area contributed by atoms with Gasteiger partial charge in [0, 0.05) is 0 Å². The smallest absolute Gasteiger partial charge is 0.386 e. The Bertz CT molecular complexity index is 1850. The van der Waals surface area contributed by atoms with E-state index in [1.54, 1.807) is 12.2 Å². The predicted octanol–water partition coefficient (Wildman–Crippen LogP) is 0.582. The van der Waals surface area contributed by atoms with Gasteiger partial charge in [0.15, 0.2) is 34.8 Å². The van der Waals surface area contributed by atoms with Crippen LogP contribution in [0.25, 0.3) is 22.3 Å². The summed E-state index contributed by atoms with van der Waals surface area (Å²) in [7, 11) is 0. The van der Waals surface area contributed by atoms with Gasteiger partial charge in [0.05, 0.1) is 25.9 Å². The quantitative estimate of drug-likeness (QED) is 0.109. The number of aliphatic hydroxyl groups is 2. The largest absolute Gasteiger partial charge is 0.472 e. The Morgan fingerprint density at radius 1 is 0.771 bits per heavy atom. The number of hydrogen-bond acceptors (Lipinski definition) is 18. The second kappa shape index (κ2) is 12.6. The Kier molecular flexibility index (Phi) is 8.51. The SMILES string of the molecule is O=P1(S)OCC2O[C@@H]3[C@H](OP(O)(=S)OC[C@H]4OC([C@H](O1)[C@@H]4O)n1cnc4c(ncnc41)OC/C=C/COc1ncnc4c1ncn43)[C@@H]2O. The Balaban J connectivity index is 1.25. The number of rotatable bonds is 0. The molecule has 0 saturated carbocycles. The molecule has 14 bridgehead atoms. The average Bonchev–Trinajstić information content (AvgIpc) is 3.81. The zero-order chi connectivity index (χ0) is 33.2. The number of ether oxygens (including phenoxy) is 4. The van der Waals surface area contributed by atoms with Crippen LogP contribution in [-0.4, -0.2) is 117 Å². The number of fused-ring (bicyclic) bond motifs is 10. The summed E-state index contributed by atoms with van der Waals surface area (Å²) >= 11 is 9.46. The highest BCUT2D eigenvalue weighted by atomic mass is 32.7. The zero-order valence-electron chi connectivity index (χ0n) is 24.3. The molecule has 9 rings (SSSR count). The molecule has 0 aliphatic carbocycles. The summed E-state index contributed by atoms with van der Waals surface area (Å²) in [6.45, 7) is -9.35. The van der Waals surface area contributed by atoms with Gasteiger partial charge in [0.25, 0.3) is 0 Å². The lowest BCUT2D eigenvalue weighted by Crippen LogP contribution is -2.37. The van der Waals surface area contributed by atoms with Crippen LogP contribution in [0, 0.1) is 0 Å². The van der Waals surface area contributed by atoms with Gasteiger partial charge in [-0.3, -0.25) is 22.7 Å². The summed E-state index contributed by atoms with van der Waals surface area (Å²) in [4.78, 5) is 36.9. The molecule has 0 spiro atoms. The van der Waals surface area contributed by atoms with Crippen LogP contribution < -0.4 is 9.47 Å². The number of imidazole rings is 2. The van der Waals surface area contributed by atoms with Gasteiger partial charge in [-0.15, -0.1) is 0 Å².